The molecule has 3 aromatic rings. The fourth-order valence-electron chi connectivity index (χ4n) is 2.52. The predicted molar refractivity (Wildman–Crippen MR) is 103 cm³/mol. The molecule has 27 heavy (non-hydrogen) atoms. The Labute approximate surface area is 158 Å². The molecule has 0 saturated heterocycles. The standard InChI is InChI=1S/C21H23N3O3/c1-15(25)21(2,3)27-14-17-12-20(16-7-5-9-19(11-16)26-4)24(23-17)18-8-6-10-22-13-18/h5-13H,14H2,1-4H3. The van der Waals surface area contributed by atoms with Crippen LogP contribution in [0.5, 0.6) is 5.75 Å². The van der Waals surface area contributed by atoms with E-state index in [1.807, 2.05) is 47.1 Å². The van der Waals surface area contributed by atoms with Crippen molar-refractivity contribution < 1.29 is 14.3 Å². The van der Waals surface area contributed by atoms with Crippen molar-refractivity contribution in [3.05, 3.63) is 60.6 Å². The van der Waals surface area contributed by atoms with Crippen LogP contribution < -0.4 is 4.74 Å². The normalized spacial score (nSPS) is 11.4. The van der Waals surface area contributed by atoms with Gasteiger partial charge in [-0.3, -0.25) is 9.78 Å². The lowest BCUT2D eigenvalue weighted by Crippen LogP contribution is -2.32. The van der Waals surface area contributed by atoms with Crippen LogP contribution >= 0.6 is 0 Å². The highest BCUT2D eigenvalue weighted by atomic mass is 16.5. The van der Waals surface area contributed by atoms with Crippen LogP contribution in [0.2, 0.25) is 0 Å². The summed E-state index contributed by atoms with van der Waals surface area (Å²) in [7, 11) is 1.64. The number of nitrogens with zero attached hydrogens (tertiary/aromatic N) is 3. The van der Waals surface area contributed by atoms with Crippen molar-refractivity contribution in [3.63, 3.8) is 0 Å². The van der Waals surface area contributed by atoms with E-state index in [0.717, 1.165) is 28.4 Å². The molecule has 0 aliphatic heterocycles. The van der Waals surface area contributed by atoms with Crippen LogP contribution in [0.4, 0.5) is 0 Å². The quantitative estimate of drug-likeness (QED) is 0.637. The molecule has 0 spiro atoms. The number of methoxy groups -OCH3 is 1. The summed E-state index contributed by atoms with van der Waals surface area (Å²) in [4.78, 5) is 15.9. The molecular formula is C21H23N3O3. The number of hydrogen-bond donors (Lipinski definition) is 0. The molecule has 2 aromatic heterocycles. The largest absolute Gasteiger partial charge is 0.497 e. The van der Waals surface area contributed by atoms with Crippen LogP contribution in [0, 0.1) is 0 Å². The summed E-state index contributed by atoms with van der Waals surface area (Å²) < 4.78 is 13.0. The molecule has 0 atom stereocenters. The monoisotopic (exact) mass is 365 g/mol. The molecule has 2 heterocycles. The lowest BCUT2D eigenvalue weighted by molar-refractivity contribution is -0.139. The zero-order chi connectivity index (χ0) is 19.4. The van der Waals surface area contributed by atoms with Crippen LogP contribution in [0.3, 0.4) is 0 Å². The van der Waals surface area contributed by atoms with Crippen molar-refractivity contribution in [3.8, 4) is 22.7 Å². The molecule has 0 amide bonds. The second-order valence-corrected chi connectivity index (χ2v) is 6.73. The van der Waals surface area contributed by atoms with Crippen LogP contribution in [-0.4, -0.2) is 33.3 Å². The van der Waals surface area contributed by atoms with Crippen LogP contribution in [0.25, 0.3) is 16.9 Å². The fraction of sp³-hybridized carbons (Fsp3) is 0.286. The number of hydrogen-bond acceptors (Lipinski definition) is 5. The first-order valence-corrected chi connectivity index (χ1v) is 8.69. The molecule has 3 rings (SSSR count). The zero-order valence-corrected chi connectivity index (χ0v) is 16.0. The van der Waals surface area contributed by atoms with Crippen molar-refractivity contribution >= 4 is 5.78 Å². The predicted octanol–water partition coefficient (Wildman–Crippen LogP) is 3.83. The van der Waals surface area contributed by atoms with Gasteiger partial charge in [-0.25, -0.2) is 4.68 Å². The number of pyridine rings is 1. The summed E-state index contributed by atoms with van der Waals surface area (Å²) in [6.45, 7) is 5.28. The summed E-state index contributed by atoms with van der Waals surface area (Å²) in [5, 5.41) is 4.67. The topological polar surface area (TPSA) is 66.2 Å². The van der Waals surface area contributed by atoms with E-state index in [0.29, 0.717) is 0 Å². The number of carbonyl (C=O) groups is 1. The first-order chi connectivity index (χ1) is 12.9. The van der Waals surface area contributed by atoms with E-state index in [1.165, 1.54) is 6.92 Å². The van der Waals surface area contributed by atoms with Crippen LogP contribution in [-0.2, 0) is 16.1 Å². The Morgan fingerprint density at radius 1 is 1.19 bits per heavy atom. The smallest absolute Gasteiger partial charge is 0.161 e. The van der Waals surface area contributed by atoms with E-state index in [9.17, 15) is 4.79 Å². The third-order valence-electron chi connectivity index (χ3n) is 4.44. The number of rotatable bonds is 7. The van der Waals surface area contributed by atoms with Gasteiger partial charge in [0.1, 0.15) is 11.4 Å². The molecule has 0 bridgehead atoms. The molecule has 6 heteroatoms. The number of ketones is 1. The second kappa shape index (κ2) is 7.72. The Bertz CT molecular complexity index is 933. The van der Waals surface area contributed by atoms with Crippen molar-refractivity contribution in [1.29, 1.82) is 0 Å². The Morgan fingerprint density at radius 2 is 2.00 bits per heavy atom. The molecule has 0 unspecified atom stereocenters. The highest BCUT2D eigenvalue weighted by Crippen LogP contribution is 2.27. The fourth-order valence-corrected chi connectivity index (χ4v) is 2.52. The summed E-state index contributed by atoms with van der Waals surface area (Å²) in [5.41, 5.74) is 2.57. The molecule has 1 aromatic carbocycles. The van der Waals surface area contributed by atoms with Gasteiger partial charge in [0.25, 0.3) is 0 Å². The van der Waals surface area contributed by atoms with Gasteiger partial charge in [0.15, 0.2) is 5.78 Å². The molecule has 6 nitrogen and oxygen atoms in total. The maximum Gasteiger partial charge on any atom is 0.161 e. The zero-order valence-electron chi connectivity index (χ0n) is 16.0. The molecule has 0 aliphatic carbocycles. The molecule has 0 N–H and O–H groups in total. The second-order valence-electron chi connectivity index (χ2n) is 6.73. The van der Waals surface area contributed by atoms with Gasteiger partial charge in [0.05, 0.1) is 37.0 Å². The Kier molecular flexibility index (Phi) is 5.37. The first kappa shape index (κ1) is 18.8. The maximum atomic E-state index is 11.7. The number of benzene rings is 1. The summed E-state index contributed by atoms with van der Waals surface area (Å²) in [5.74, 6) is 0.740. The highest BCUT2D eigenvalue weighted by molar-refractivity contribution is 5.83. The minimum atomic E-state index is -0.853. The average molecular weight is 365 g/mol. The van der Waals surface area contributed by atoms with Gasteiger partial charge < -0.3 is 9.47 Å². The van der Waals surface area contributed by atoms with Crippen molar-refractivity contribution in [2.24, 2.45) is 0 Å². The number of aromatic nitrogens is 3. The van der Waals surface area contributed by atoms with Gasteiger partial charge in [-0.2, -0.15) is 5.10 Å². The molecule has 0 saturated carbocycles. The number of Topliss-reactive ketones (excluding diaryl/α,β-unsaturated/α-hetero) is 1. The molecule has 0 radical (unpaired) electrons. The summed E-state index contributed by atoms with van der Waals surface area (Å²) in [6.07, 6.45) is 3.47. The Hall–Kier alpha value is -2.99. The minimum absolute atomic E-state index is 0.0257. The first-order valence-electron chi connectivity index (χ1n) is 8.69. The van der Waals surface area contributed by atoms with Gasteiger partial charge in [0, 0.05) is 11.8 Å². The Morgan fingerprint density at radius 3 is 2.67 bits per heavy atom. The van der Waals surface area contributed by atoms with Gasteiger partial charge in [-0.1, -0.05) is 12.1 Å². The highest BCUT2D eigenvalue weighted by Gasteiger charge is 2.25. The van der Waals surface area contributed by atoms with Gasteiger partial charge in [-0.15, -0.1) is 0 Å². The lowest BCUT2D eigenvalue weighted by Gasteiger charge is -2.21. The van der Waals surface area contributed by atoms with Crippen LogP contribution in [0.15, 0.2) is 54.9 Å². The van der Waals surface area contributed by atoms with E-state index < -0.39 is 5.60 Å². The van der Waals surface area contributed by atoms with Gasteiger partial charge in [0.2, 0.25) is 0 Å². The Balaban J connectivity index is 2.00. The average Bonchev–Trinajstić information content (AvgIpc) is 3.11. The van der Waals surface area contributed by atoms with E-state index >= 15 is 0 Å². The van der Waals surface area contributed by atoms with E-state index in [-0.39, 0.29) is 12.4 Å². The molecular weight excluding hydrogens is 342 g/mol. The maximum absolute atomic E-state index is 11.7. The molecule has 0 fully saturated rings. The SMILES string of the molecule is COc1cccc(-c2cc(COC(C)(C)C(C)=O)nn2-c2cccnc2)c1. The van der Waals surface area contributed by atoms with Crippen LogP contribution in [0.1, 0.15) is 26.5 Å². The van der Waals surface area contributed by atoms with E-state index in [2.05, 4.69) is 10.1 Å². The van der Waals surface area contributed by atoms with Gasteiger partial charge in [-0.05, 0) is 51.1 Å². The van der Waals surface area contributed by atoms with E-state index in [1.54, 1.807) is 33.4 Å². The van der Waals surface area contributed by atoms with Crippen molar-refractivity contribution in [2.45, 2.75) is 33.0 Å². The number of ether oxygens (including phenoxy) is 2. The third kappa shape index (κ3) is 4.23. The molecule has 0 aliphatic rings. The van der Waals surface area contributed by atoms with Crippen molar-refractivity contribution in [2.75, 3.05) is 7.11 Å². The van der Waals surface area contributed by atoms with E-state index in [4.69, 9.17) is 9.47 Å². The lowest BCUT2D eigenvalue weighted by atomic mass is 10.1. The minimum Gasteiger partial charge on any atom is -0.497 e. The summed E-state index contributed by atoms with van der Waals surface area (Å²) in [6, 6.07) is 13.5. The molecule has 140 valence electrons. The van der Waals surface area contributed by atoms with Crippen molar-refractivity contribution in [1.82, 2.24) is 14.8 Å². The summed E-state index contributed by atoms with van der Waals surface area (Å²) >= 11 is 0. The van der Waals surface area contributed by atoms with Gasteiger partial charge >= 0.3 is 0 Å². The third-order valence-corrected chi connectivity index (χ3v) is 4.44. The number of carbonyl (C=O) groups excluding carboxylic acids is 1.